The summed E-state index contributed by atoms with van der Waals surface area (Å²) in [6.07, 6.45) is 11.3. The Bertz CT molecular complexity index is 714. The number of aliphatic hydroxyl groups is 1. The van der Waals surface area contributed by atoms with Crippen LogP contribution in [0.2, 0.25) is 0 Å². The maximum Gasteiger partial charge on any atom is 0.133 e. The van der Waals surface area contributed by atoms with Crippen LogP contribution >= 0.6 is 0 Å². The molecule has 0 aromatic heterocycles. The number of hydrogen-bond acceptors (Lipinski definition) is 2. The predicted octanol–water partition coefficient (Wildman–Crippen LogP) is 6.23. The number of fused-ring (bicyclic) bond motifs is 5. The average molecular weight is 357 g/mol. The maximum absolute atomic E-state index is 12.4. The number of allylic oxidation sites excluding steroid dienone is 3. The Labute approximate surface area is 159 Å². The van der Waals surface area contributed by atoms with Gasteiger partial charge in [0.15, 0.2) is 0 Å². The highest BCUT2D eigenvalue weighted by molar-refractivity contribution is 5.79. The third kappa shape index (κ3) is 1.97. The van der Waals surface area contributed by atoms with Gasteiger partial charge in [-0.1, -0.05) is 32.4 Å². The number of Topliss-reactive ketones (excluding diaryl/α,β-unsaturated/α-hetero) is 1. The minimum atomic E-state index is -0.239. The van der Waals surface area contributed by atoms with Crippen molar-refractivity contribution in [3.8, 4) is 0 Å². The number of ketones is 1. The highest BCUT2D eigenvalue weighted by Crippen LogP contribution is 2.72. The molecule has 4 aliphatic rings. The molecule has 0 aliphatic heterocycles. The molecule has 0 amide bonds. The van der Waals surface area contributed by atoms with E-state index < -0.39 is 0 Å². The summed E-state index contributed by atoms with van der Waals surface area (Å²) < 4.78 is 0. The van der Waals surface area contributed by atoms with Gasteiger partial charge in [-0.3, -0.25) is 4.79 Å². The van der Waals surface area contributed by atoms with Crippen LogP contribution in [0.4, 0.5) is 0 Å². The first-order valence-electron chi connectivity index (χ1n) is 10.6. The van der Waals surface area contributed by atoms with E-state index in [9.17, 15) is 9.90 Å². The molecule has 0 aromatic rings. The van der Waals surface area contributed by atoms with E-state index in [-0.39, 0.29) is 27.6 Å². The molecule has 1 N–H and O–H groups in total. The molecule has 0 aromatic carbocycles. The molecule has 26 heavy (non-hydrogen) atoms. The van der Waals surface area contributed by atoms with Crippen molar-refractivity contribution in [3.63, 3.8) is 0 Å². The van der Waals surface area contributed by atoms with Crippen molar-refractivity contribution in [1.29, 1.82) is 0 Å². The highest BCUT2D eigenvalue weighted by Gasteiger charge is 2.65. The van der Waals surface area contributed by atoms with Crippen molar-refractivity contribution in [1.82, 2.24) is 0 Å². The van der Waals surface area contributed by atoms with Gasteiger partial charge in [0, 0.05) is 11.3 Å². The Balaban J connectivity index is 1.78. The van der Waals surface area contributed by atoms with Crippen molar-refractivity contribution < 1.29 is 9.90 Å². The Hall–Kier alpha value is -1.05. The Morgan fingerprint density at radius 2 is 1.65 bits per heavy atom. The van der Waals surface area contributed by atoms with E-state index in [2.05, 4.69) is 46.8 Å². The van der Waals surface area contributed by atoms with Crippen LogP contribution in [0.5, 0.6) is 0 Å². The molecule has 2 nitrogen and oxygen atoms in total. The monoisotopic (exact) mass is 356 g/mol. The minimum absolute atomic E-state index is 0.150. The second-order valence-corrected chi connectivity index (χ2v) is 11.0. The highest BCUT2D eigenvalue weighted by atomic mass is 16.3. The van der Waals surface area contributed by atoms with Gasteiger partial charge in [-0.25, -0.2) is 0 Å². The van der Waals surface area contributed by atoms with Crippen LogP contribution < -0.4 is 0 Å². The molecule has 6 atom stereocenters. The third-order valence-corrected chi connectivity index (χ3v) is 9.84. The van der Waals surface area contributed by atoms with E-state index in [4.69, 9.17) is 0 Å². The van der Waals surface area contributed by atoms with Crippen LogP contribution in [0.3, 0.4) is 0 Å². The quantitative estimate of drug-likeness (QED) is 0.565. The van der Waals surface area contributed by atoms with Crippen molar-refractivity contribution in [2.24, 2.45) is 39.4 Å². The molecule has 4 rings (SSSR count). The van der Waals surface area contributed by atoms with E-state index in [1.165, 1.54) is 24.8 Å². The molecule has 0 radical (unpaired) electrons. The van der Waals surface area contributed by atoms with Crippen LogP contribution in [-0.4, -0.2) is 10.9 Å². The molecule has 2 saturated carbocycles. The van der Waals surface area contributed by atoms with Gasteiger partial charge in [-0.2, -0.15) is 0 Å². The van der Waals surface area contributed by atoms with Crippen LogP contribution in [0.25, 0.3) is 0 Å². The fourth-order valence-electron chi connectivity index (χ4n) is 8.06. The van der Waals surface area contributed by atoms with Crippen LogP contribution in [0.15, 0.2) is 23.5 Å². The van der Waals surface area contributed by atoms with Gasteiger partial charge < -0.3 is 5.11 Å². The third-order valence-electron chi connectivity index (χ3n) is 9.84. The summed E-state index contributed by atoms with van der Waals surface area (Å²) in [5.74, 6) is 2.51. The Kier molecular flexibility index (Phi) is 3.71. The topological polar surface area (TPSA) is 37.3 Å². The molecule has 2 fully saturated rings. The molecule has 0 spiro atoms. The maximum atomic E-state index is 12.4. The second-order valence-electron chi connectivity index (χ2n) is 11.0. The lowest BCUT2D eigenvalue weighted by molar-refractivity contribution is -0.135. The first kappa shape index (κ1) is 18.3. The average Bonchev–Trinajstić information content (AvgIpc) is 2.84. The fourth-order valence-corrected chi connectivity index (χ4v) is 8.06. The molecule has 2 heteroatoms. The molecule has 0 saturated heterocycles. The van der Waals surface area contributed by atoms with Gasteiger partial charge in [0.25, 0.3) is 0 Å². The summed E-state index contributed by atoms with van der Waals surface area (Å²) in [5, 5.41) is 10.5. The normalized spacial score (nSPS) is 49.4. The standard InChI is InChI=1S/C24H36O2/c1-15(25)16-9-13-24(6)18-7-8-19-21(2,3)20(26)11-12-22(19,4)17(18)10-14-23(16,24)5/h8,11,16-18,26H,7,9-10,12-14H2,1-6H3/t16-,17?,18?,22-,23-,24?/m1/s1. The lowest BCUT2D eigenvalue weighted by Gasteiger charge is -2.63. The summed E-state index contributed by atoms with van der Waals surface area (Å²) in [4.78, 5) is 12.4. The van der Waals surface area contributed by atoms with E-state index in [1.54, 1.807) is 0 Å². The van der Waals surface area contributed by atoms with E-state index in [0.717, 1.165) is 19.3 Å². The zero-order valence-corrected chi connectivity index (χ0v) is 17.5. The summed E-state index contributed by atoms with van der Waals surface area (Å²) in [6.45, 7) is 13.5. The molecule has 144 valence electrons. The smallest absolute Gasteiger partial charge is 0.133 e. The summed E-state index contributed by atoms with van der Waals surface area (Å²) in [7, 11) is 0. The van der Waals surface area contributed by atoms with Crippen molar-refractivity contribution in [2.75, 3.05) is 0 Å². The lowest BCUT2D eigenvalue weighted by atomic mass is 9.41. The Morgan fingerprint density at radius 3 is 2.31 bits per heavy atom. The predicted molar refractivity (Wildman–Crippen MR) is 106 cm³/mol. The van der Waals surface area contributed by atoms with Crippen molar-refractivity contribution >= 4 is 5.78 Å². The van der Waals surface area contributed by atoms with Gasteiger partial charge in [-0.15, -0.1) is 0 Å². The first-order valence-corrected chi connectivity index (χ1v) is 10.6. The first-order chi connectivity index (χ1) is 12.0. The largest absolute Gasteiger partial charge is 0.512 e. The van der Waals surface area contributed by atoms with E-state index >= 15 is 0 Å². The molecular formula is C24H36O2. The number of hydrogen-bond donors (Lipinski definition) is 1. The SMILES string of the molecule is CC(=O)[C@H]1CCC2(C)C3CC=C4C(C)(C)C(O)=CC[C@]4(C)C3CC[C@]12C. The molecule has 4 aliphatic carbocycles. The van der Waals surface area contributed by atoms with Gasteiger partial charge >= 0.3 is 0 Å². The van der Waals surface area contributed by atoms with E-state index in [1.807, 2.05) is 6.92 Å². The lowest BCUT2D eigenvalue weighted by Crippen LogP contribution is -2.56. The van der Waals surface area contributed by atoms with Crippen molar-refractivity contribution in [3.05, 3.63) is 23.5 Å². The molecule has 3 unspecified atom stereocenters. The van der Waals surface area contributed by atoms with Crippen LogP contribution in [0.1, 0.15) is 80.1 Å². The molecular weight excluding hydrogens is 320 g/mol. The Morgan fingerprint density at radius 1 is 1.00 bits per heavy atom. The van der Waals surface area contributed by atoms with Crippen molar-refractivity contribution in [2.45, 2.75) is 80.1 Å². The number of aliphatic hydroxyl groups excluding tert-OH is 1. The summed E-state index contributed by atoms with van der Waals surface area (Å²) >= 11 is 0. The molecule has 0 heterocycles. The zero-order chi connectivity index (χ0) is 19.1. The van der Waals surface area contributed by atoms with Gasteiger partial charge in [0.05, 0.1) is 5.76 Å². The van der Waals surface area contributed by atoms with Crippen LogP contribution in [-0.2, 0) is 4.79 Å². The zero-order valence-electron chi connectivity index (χ0n) is 17.5. The van der Waals surface area contributed by atoms with Gasteiger partial charge in [0.2, 0.25) is 0 Å². The molecule has 0 bridgehead atoms. The number of rotatable bonds is 1. The summed E-state index contributed by atoms with van der Waals surface area (Å²) in [5.41, 5.74) is 1.78. The number of carbonyl (C=O) groups is 1. The fraction of sp³-hybridized carbons (Fsp3) is 0.792. The second kappa shape index (κ2) is 5.26. The van der Waals surface area contributed by atoms with Gasteiger partial charge in [-0.05, 0) is 93.5 Å². The number of carbonyl (C=O) groups excluding carboxylic acids is 1. The van der Waals surface area contributed by atoms with Gasteiger partial charge in [0.1, 0.15) is 5.78 Å². The summed E-state index contributed by atoms with van der Waals surface area (Å²) in [6, 6.07) is 0. The minimum Gasteiger partial charge on any atom is -0.512 e. The van der Waals surface area contributed by atoms with Crippen LogP contribution in [0, 0.1) is 39.4 Å². The van der Waals surface area contributed by atoms with E-state index in [0.29, 0.717) is 23.4 Å².